The van der Waals surface area contributed by atoms with Crippen LogP contribution in [0.4, 0.5) is 0 Å². The Morgan fingerprint density at radius 1 is 1.05 bits per heavy atom. The Morgan fingerprint density at radius 2 is 1.78 bits per heavy atom. The van der Waals surface area contributed by atoms with E-state index in [2.05, 4.69) is 43.1 Å². The molecule has 1 aliphatic heterocycles. The van der Waals surface area contributed by atoms with Gasteiger partial charge in [-0.1, -0.05) is 81.3 Å². The van der Waals surface area contributed by atoms with Crippen LogP contribution in [0.2, 0.25) is 0 Å². The van der Waals surface area contributed by atoms with E-state index in [1.165, 1.54) is 11.1 Å². The summed E-state index contributed by atoms with van der Waals surface area (Å²) in [7, 11) is 1.79. The molecule has 2 aliphatic rings. The van der Waals surface area contributed by atoms with Gasteiger partial charge in [0.25, 0.3) is 5.91 Å². The van der Waals surface area contributed by atoms with Gasteiger partial charge < -0.3 is 14.2 Å². The molecule has 2 aromatic carbocycles. The van der Waals surface area contributed by atoms with Crippen LogP contribution in [0.3, 0.4) is 0 Å². The Kier molecular flexibility index (Phi) is 6.93. The lowest BCUT2D eigenvalue weighted by molar-refractivity contribution is 0.0657. The smallest absolute Gasteiger partial charge is 0.316 e. The van der Waals surface area contributed by atoms with E-state index in [0.29, 0.717) is 30.4 Å². The van der Waals surface area contributed by atoms with Crippen molar-refractivity contribution in [3.8, 4) is 5.75 Å². The quantitative estimate of drug-likeness (QED) is 0.432. The number of ether oxygens (including phenoxy) is 1. The highest BCUT2D eigenvalue weighted by atomic mass is 16.5. The van der Waals surface area contributed by atoms with Gasteiger partial charge in [0, 0.05) is 31.5 Å². The number of amides is 1. The van der Waals surface area contributed by atoms with Gasteiger partial charge in [0.2, 0.25) is 5.75 Å². The van der Waals surface area contributed by atoms with Crippen LogP contribution in [0.1, 0.15) is 85.4 Å². The molecule has 0 N–H and O–H groups in total. The molecule has 1 aromatic heterocycles. The van der Waals surface area contributed by atoms with E-state index >= 15 is 0 Å². The van der Waals surface area contributed by atoms with Gasteiger partial charge in [-0.25, -0.2) is 0 Å². The second kappa shape index (κ2) is 10.2. The third-order valence-electron chi connectivity index (χ3n) is 8.30. The standard InChI is InChI=1S/C31H37N3O3/c1-21(2)24-13-10-14-25(17-24)31(15-8-9-16-31)18-26-32-29(35)28(37-20-23-11-6-5-7-12-23)27-30(36)33(4)22(3)19-34(26)27/h5-7,10-14,17,21-22H,8-9,15-16,18-20H2,1-4H3/t22-/m0/s1. The maximum atomic E-state index is 13.5. The van der Waals surface area contributed by atoms with Crippen molar-refractivity contribution in [2.45, 2.75) is 83.4 Å². The van der Waals surface area contributed by atoms with Crippen LogP contribution in [0.5, 0.6) is 5.75 Å². The Bertz CT molecular complexity index is 1340. The molecule has 5 rings (SSSR count). The van der Waals surface area contributed by atoms with Gasteiger partial charge in [-0.3, -0.25) is 9.59 Å². The van der Waals surface area contributed by atoms with E-state index in [4.69, 9.17) is 4.74 Å². The van der Waals surface area contributed by atoms with Crippen LogP contribution in [-0.4, -0.2) is 33.4 Å². The van der Waals surface area contributed by atoms with Crippen LogP contribution in [-0.2, 0) is 25.0 Å². The summed E-state index contributed by atoms with van der Waals surface area (Å²) >= 11 is 0. The SMILES string of the molecule is CC(C)c1cccc(C2(Cc3nc(=O)c(OCc4ccccc4)c4n3C[C@H](C)N(C)C4=O)CCCC2)c1. The molecule has 0 radical (unpaired) electrons. The molecule has 3 aromatic rings. The Hall–Kier alpha value is -3.41. The predicted octanol–water partition coefficient (Wildman–Crippen LogP) is 5.47. The number of carbonyl (C=O) groups excluding carboxylic acids is 1. The van der Waals surface area contributed by atoms with Gasteiger partial charge in [0.15, 0.2) is 5.69 Å². The van der Waals surface area contributed by atoms with Crippen LogP contribution < -0.4 is 10.3 Å². The zero-order valence-electron chi connectivity index (χ0n) is 22.4. The molecule has 194 valence electrons. The number of aromatic nitrogens is 2. The lowest BCUT2D eigenvalue weighted by Crippen LogP contribution is -2.47. The van der Waals surface area contributed by atoms with Gasteiger partial charge in [-0.2, -0.15) is 4.98 Å². The number of fused-ring (bicyclic) bond motifs is 1. The van der Waals surface area contributed by atoms with Crippen molar-refractivity contribution < 1.29 is 9.53 Å². The van der Waals surface area contributed by atoms with E-state index in [1.54, 1.807) is 11.9 Å². The maximum Gasteiger partial charge on any atom is 0.316 e. The average molecular weight is 500 g/mol. The summed E-state index contributed by atoms with van der Waals surface area (Å²) in [4.78, 5) is 33.2. The second-order valence-corrected chi connectivity index (χ2v) is 11.1. The largest absolute Gasteiger partial charge is 0.481 e. The second-order valence-electron chi connectivity index (χ2n) is 11.1. The van der Waals surface area contributed by atoms with E-state index < -0.39 is 5.56 Å². The zero-order chi connectivity index (χ0) is 26.2. The number of rotatable bonds is 7. The molecule has 37 heavy (non-hydrogen) atoms. The minimum atomic E-state index is -0.461. The molecular formula is C31H37N3O3. The molecule has 1 atom stereocenters. The molecule has 6 heteroatoms. The summed E-state index contributed by atoms with van der Waals surface area (Å²) in [6, 6.07) is 18.6. The number of hydrogen-bond donors (Lipinski definition) is 0. The lowest BCUT2D eigenvalue weighted by atomic mass is 9.75. The first-order valence-electron chi connectivity index (χ1n) is 13.5. The molecule has 0 spiro atoms. The Balaban J connectivity index is 1.58. The van der Waals surface area contributed by atoms with Crippen molar-refractivity contribution >= 4 is 5.91 Å². The van der Waals surface area contributed by atoms with Gasteiger partial charge >= 0.3 is 5.56 Å². The highest BCUT2D eigenvalue weighted by Crippen LogP contribution is 2.44. The number of nitrogens with zero attached hydrogens (tertiary/aromatic N) is 3. The maximum absolute atomic E-state index is 13.5. The summed E-state index contributed by atoms with van der Waals surface area (Å²) in [6.07, 6.45) is 5.04. The molecule has 0 unspecified atom stereocenters. The number of likely N-dealkylation sites (N-methyl/N-ethyl adjacent to an activating group) is 1. The fourth-order valence-electron chi connectivity index (χ4n) is 5.89. The first kappa shape index (κ1) is 25.2. The summed E-state index contributed by atoms with van der Waals surface area (Å²) < 4.78 is 7.98. The van der Waals surface area contributed by atoms with Crippen LogP contribution >= 0.6 is 0 Å². The molecule has 0 bridgehead atoms. The molecule has 1 aliphatic carbocycles. The fraction of sp³-hybridized carbons (Fsp3) is 0.452. The van der Waals surface area contributed by atoms with Crippen LogP contribution in [0, 0.1) is 0 Å². The number of carbonyl (C=O) groups is 1. The van der Waals surface area contributed by atoms with Gasteiger partial charge in [-0.15, -0.1) is 0 Å². The summed E-state index contributed by atoms with van der Waals surface area (Å²) in [5.74, 6) is 1.00. The van der Waals surface area contributed by atoms with Crippen molar-refractivity contribution in [2.24, 2.45) is 0 Å². The van der Waals surface area contributed by atoms with E-state index in [1.807, 2.05) is 41.8 Å². The van der Waals surface area contributed by atoms with Gasteiger partial charge in [-0.05, 0) is 42.4 Å². The van der Waals surface area contributed by atoms with Crippen molar-refractivity contribution in [2.75, 3.05) is 7.05 Å². The van der Waals surface area contributed by atoms with Gasteiger partial charge in [0.1, 0.15) is 12.4 Å². The fourth-order valence-corrected chi connectivity index (χ4v) is 5.89. The molecule has 1 amide bonds. The van der Waals surface area contributed by atoms with Crippen molar-refractivity contribution in [1.82, 2.24) is 14.5 Å². The van der Waals surface area contributed by atoms with Crippen molar-refractivity contribution in [1.29, 1.82) is 0 Å². The monoisotopic (exact) mass is 499 g/mol. The molecule has 0 saturated heterocycles. The minimum absolute atomic E-state index is 0.00572. The Morgan fingerprint density at radius 3 is 2.49 bits per heavy atom. The highest BCUT2D eigenvalue weighted by molar-refractivity contribution is 5.96. The number of benzene rings is 2. The summed E-state index contributed by atoms with van der Waals surface area (Å²) in [5.41, 5.74) is 3.35. The third kappa shape index (κ3) is 4.81. The molecule has 2 heterocycles. The van der Waals surface area contributed by atoms with Crippen molar-refractivity contribution in [3.63, 3.8) is 0 Å². The average Bonchev–Trinajstić information content (AvgIpc) is 3.38. The first-order valence-corrected chi connectivity index (χ1v) is 13.5. The van der Waals surface area contributed by atoms with Gasteiger partial charge in [0.05, 0.1) is 0 Å². The van der Waals surface area contributed by atoms with E-state index in [-0.39, 0.29) is 29.7 Å². The lowest BCUT2D eigenvalue weighted by Gasteiger charge is -2.36. The number of hydrogen-bond acceptors (Lipinski definition) is 4. The third-order valence-corrected chi connectivity index (χ3v) is 8.30. The summed E-state index contributed by atoms with van der Waals surface area (Å²) in [5, 5.41) is 0. The molecule has 6 nitrogen and oxygen atoms in total. The topological polar surface area (TPSA) is 64.4 Å². The first-order chi connectivity index (χ1) is 17.8. The minimum Gasteiger partial charge on any atom is -0.481 e. The zero-order valence-corrected chi connectivity index (χ0v) is 22.4. The van der Waals surface area contributed by atoms with E-state index in [0.717, 1.165) is 31.2 Å². The highest BCUT2D eigenvalue weighted by Gasteiger charge is 2.40. The normalized spacial score (nSPS) is 18.8. The van der Waals surface area contributed by atoms with Crippen molar-refractivity contribution in [3.05, 3.63) is 93.2 Å². The van der Waals surface area contributed by atoms with E-state index in [9.17, 15) is 9.59 Å². The van der Waals surface area contributed by atoms with Crippen LogP contribution in [0.15, 0.2) is 59.4 Å². The predicted molar refractivity (Wildman–Crippen MR) is 145 cm³/mol. The molecule has 1 fully saturated rings. The molecule has 1 saturated carbocycles. The Labute approximate surface area is 219 Å². The molecular weight excluding hydrogens is 462 g/mol. The van der Waals surface area contributed by atoms with Crippen LogP contribution in [0.25, 0.3) is 0 Å². The summed E-state index contributed by atoms with van der Waals surface area (Å²) in [6.45, 7) is 7.27.